The van der Waals surface area contributed by atoms with Crippen LogP contribution in [0.3, 0.4) is 0 Å². The first kappa shape index (κ1) is 31.8. The Bertz CT molecular complexity index is 1410. The Labute approximate surface area is 241 Å². The molecule has 3 amide bonds. The van der Waals surface area contributed by atoms with E-state index in [1.807, 2.05) is 18.2 Å². The van der Waals surface area contributed by atoms with E-state index >= 15 is 0 Å². The van der Waals surface area contributed by atoms with Crippen LogP contribution < -0.4 is 21.7 Å². The third-order valence-electron chi connectivity index (χ3n) is 6.70. The van der Waals surface area contributed by atoms with E-state index in [0.29, 0.717) is 11.1 Å². The van der Waals surface area contributed by atoms with Crippen LogP contribution in [0.15, 0.2) is 60.8 Å². The normalized spacial score (nSPS) is 14.6. The zero-order valence-electron chi connectivity index (χ0n) is 22.9. The van der Waals surface area contributed by atoms with Gasteiger partial charge in [-0.2, -0.15) is 0 Å². The summed E-state index contributed by atoms with van der Waals surface area (Å²) < 4.78 is 0. The maximum atomic E-state index is 13.6. The molecule has 0 bridgehead atoms. The zero-order chi connectivity index (χ0) is 30.8. The average Bonchev–Trinajstić information content (AvgIpc) is 3.36. The number of amides is 3. The van der Waals surface area contributed by atoms with E-state index in [2.05, 4.69) is 20.9 Å². The molecule has 0 saturated carbocycles. The van der Waals surface area contributed by atoms with Gasteiger partial charge < -0.3 is 42.0 Å². The van der Waals surface area contributed by atoms with Gasteiger partial charge in [-0.1, -0.05) is 48.5 Å². The molecular weight excluding hydrogens is 546 g/mol. The predicted octanol–water partition coefficient (Wildman–Crippen LogP) is 0.0650. The number of nitrogens with one attached hydrogen (secondary N) is 4. The van der Waals surface area contributed by atoms with Gasteiger partial charge in [0.15, 0.2) is 6.04 Å². The zero-order valence-corrected chi connectivity index (χ0v) is 22.9. The number of carbonyl (C=O) groups excluding carboxylic acids is 3. The number of fused-ring (bicyclic) bond motifs is 1. The lowest BCUT2D eigenvalue weighted by Crippen LogP contribution is -2.59. The number of carboxylic acid groups (broad SMARTS) is 2. The van der Waals surface area contributed by atoms with E-state index in [9.17, 15) is 34.2 Å². The number of carboxylic acids is 2. The number of aliphatic hydroxyl groups excluding tert-OH is 1. The Morgan fingerprint density at radius 1 is 0.833 bits per heavy atom. The molecule has 1 aromatic heterocycles. The molecule has 224 valence electrons. The molecule has 1 heterocycles. The van der Waals surface area contributed by atoms with E-state index < -0.39 is 59.9 Å². The van der Waals surface area contributed by atoms with Gasteiger partial charge >= 0.3 is 11.9 Å². The number of aromatic nitrogens is 1. The van der Waals surface area contributed by atoms with Crippen LogP contribution in [-0.4, -0.2) is 80.2 Å². The van der Waals surface area contributed by atoms with E-state index in [-0.39, 0.29) is 25.7 Å². The van der Waals surface area contributed by atoms with Gasteiger partial charge in [-0.3, -0.25) is 19.2 Å². The molecule has 0 fully saturated rings. The number of carbonyl (C=O) groups is 5. The van der Waals surface area contributed by atoms with Crippen LogP contribution >= 0.6 is 0 Å². The second kappa shape index (κ2) is 14.8. The van der Waals surface area contributed by atoms with Crippen molar-refractivity contribution in [2.24, 2.45) is 5.73 Å². The number of aromatic amines is 1. The number of hydrogen-bond acceptors (Lipinski definition) is 7. The molecule has 0 aliphatic heterocycles. The van der Waals surface area contributed by atoms with Gasteiger partial charge in [0, 0.05) is 36.4 Å². The molecule has 3 rings (SSSR count). The maximum absolute atomic E-state index is 13.6. The summed E-state index contributed by atoms with van der Waals surface area (Å²) in [6.45, 7) is 1.21. The lowest BCUT2D eigenvalue weighted by Gasteiger charge is -2.26. The van der Waals surface area contributed by atoms with Gasteiger partial charge in [0.1, 0.15) is 12.1 Å². The van der Waals surface area contributed by atoms with Crippen molar-refractivity contribution in [1.82, 2.24) is 20.9 Å². The highest BCUT2D eigenvalue weighted by molar-refractivity contribution is 5.95. The minimum atomic E-state index is -1.63. The summed E-state index contributed by atoms with van der Waals surface area (Å²) in [6, 6.07) is 10.7. The van der Waals surface area contributed by atoms with Crippen molar-refractivity contribution in [2.75, 3.05) is 0 Å². The number of H-pyrrole nitrogens is 1. The van der Waals surface area contributed by atoms with Gasteiger partial charge in [0.25, 0.3) is 0 Å². The molecule has 0 spiro atoms. The molecule has 5 atom stereocenters. The van der Waals surface area contributed by atoms with Crippen LogP contribution in [0.5, 0.6) is 0 Å². The highest BCUT2D eigenvalue weighted by atomic mass is 16.4. The number of hydrogen-bond donors (Lipinski definition) is 8. The standard InChI is InChI=1S/C29H35N5O8/c1-16(35)25(29(41)42)34-28(40)23(14-18-15-31-21-10-6-5-9-19(18)21)33-27(39)22(13-17-7-3-2-4-8-17)32-26(38)20(30)11-12-24(36)37/h2-10,15-16,20,22-23,25,31,35H,11-14,30H2,1H3,(H,32,38)(H,33,39)(H,34,40)(H,36,37)(H,41,42). The van der Waals surface area contributed by atoms with Crippen LogP contribution in [0.25, 0.3) is 10.9 Å². The summed E-state index contributed by atoms with van der Waals surface area (Å²) in [4.78, 5) is 65.4. The molecule has 0 aliphatic carbocycles. The molecule has 13 heteroatoms. The molecule has 2 aromatic carbocycles. The molecule has 5 unspecified atom stereocenters. The van der Waals surface area contributed by atoms with E-state index in [1.54, 1.807) is 42.6 Å². The first-order valence-electron chi connectivity index (χ1n) is 13.3. The number of aliphatic hydroxyl groups is 1. The van der Waals surface area contributed by atoms with Crippen LogP contribution in [0.2, 0.25) is 0 Å². The number of aliphatic carboxylic acids is 2. The first-order chi connectivity index (χ1) is 20.0. The van der Waals surface area contributed by atoms with Gasteiger partial charge in [-0.15, -0.1) is 0 Å². The van der Waals surface area contributed by atoms with Crippen molar-refractivity contribution >= 4 is 40.6 Å². The van der Waals surface area contributed by atoms with Crippen LogP contribution in [0.4, 0.5) is 0 Å². The van der Waals surface area contributed by atoms with Crippen LogP contribution in [0, 0.1) is 0 Å². The van der Waals surface area contributed by atoms with Crippen molar-refractivity contribution in [3.8, 4) is 0 Å². The van der Waals surface area contributed by atoms with Crippen molar-refractivity contribution < 1.29 is 39.3 Å². The van der Waals surface area contributed by atoms with Crippen molar-refractivity contribution in [3.05, 3.63) is 71.9 Å². The summed E-state index contributed by atoms with van der Waals surface area (Å²) in [6.07, 6.45) is -0.263. The van der Waals surface area contributed by atoms with Crippen LogP contribution in [0.1, 0.15) is 30.9 Å². The third kappa shape index (κ3) is 8.88. The Kier molecular flexibility index (Phi) is 11.2. The summed E-state index contributed by atoms with van der Waals surface area (Å²) in [5.41, 5.74) is 8.00. The molecule has 42 heavy (non-hydrogen) atoms. The summed E-state index contributed by atoms with van der Waals surface area (Å²) >= 11 is 0. The lowest BCUT2D eigenvalue weighted by atomic mass is 10.0. The Hall–Kier alpha value is -4.75. The first-order valence-corrected chi connectivity index (χ1v) is 13.3. The molecule has 9 N–H and O–H groups in total. The second-order valence-electron chi connectivity index (χ2n) is 9.98. The fourth-order valence-corrected chi connectivity index (χ4v) is 4.39. The van der Waals surface area contributed by atoms with Gasteiger partial charge in [-0.05, 0) is 30.5 Å². The highest BCUT2D eigenvalue weighted by Crippen LogP contribution is 2.19. The largest absolute Gasteiger partial charge is 0.481 e. The summed E-state index contributed by atoms with van der Waals surface area (Å²) in [7, 11) is 0. The number of para-hydroxylation sites is 1. The van der Waals surface area contributed by atoms with Crippen LogP contribution in [-0.2, 0) is 36.8 Å². The Morgan fingerprint density at radius 3 is 2.07 bits per heavy atom. The number of nitrogens with two attached hydrogens (primary N) is 1. The van der Waals surface area contributed by atoms with Gasteiger partial charge in [0.05, 0.1) is 12.1 Å². The monoisotopic (exact) mass is 581 g/mol. The second-order valence-corrected chi connectivity index (χ2v) is 9.98. The molecule has 0 aliphatic rings. The topological polar surface area (TPSA) is 224 Å². The Morgan fingerprint density at radius 2 is 1.43 bits per heavy atom. The molecule has 3 aromatic rings. The Balaban J connectivity index is 1.88. The van der Waals surface area contributed by atoms with E-state index in [1.165, 1.54) is 6.92 Å². The molecular formula is C29H35N5O8. The minimum Gasteiger partial charge on any atom is -0.481 e. The van der Waals surface area contributed by atoms with Gasteiger partial charge in [-0.25, -0.2) is 4.79 Å². The number of rotatable bonds is 15. The van der Waals surface area contributed by atoms with Crippen molar-refractivity contribution in [1.29, 1.82) is 0 Å². The van der Waals surface area contributed by atoms with Crippen molar-refractivity contribution in [2.45, 2.75) is 62.9 Å². The lowest BCUT2D eigenvalue weighted by molar-refractivity contribution is -0.145. The number of benzene rings is 2. The fourth-order valence-electron chi connectivity index (χ4n) is 4.39. The maximum Gasteiger partial charge on any atom is 0.328 e. The van der Waals surface area contributed by atoms with E-state index in [4.69, 9.17) is 10.8 Å². The average molecular weight is 582 g/mol. The fraction of sp³-hybridized carbons (Fsp3) is 0.345. The predicted molar refractivity (Wildman–Crippen MR) is 152 cm³/mol. The van der Waals surface area contributed by atoms with E-state index in [0.717, 1.165) is 10.9 Å². The summed E-state index contributed by atoms with van der Waals surface area (Å²) in [5.74, 6) is -4.93. The minimum absolute atomic E-state index is 0.0247. The molecule has 0 radical (unpaired) electrons. The SMILES string of the molecule is CC(O)C(NC(=O)C(Cc1c[nH]c2ccccc12)NC(=O)C(Cc1ccccc1)NC(=O)C(N)CCC(=O)O)C(=O)O. The third-order valence-corrected chi connectivity index (χ3v) is 6.70. The van der Waals surface area contributed by atoms with Crippen molar-refractivity contribution in [3.63, 3.8) is 0 Å². The highest BCUT2D eigenvalue weighted by Gasteiger charge is 2.32. The molecule has 13 nitrogen and oxygen atoms in total. The smallest absolute Gasteiger partial charge is 0.328 e. The summed E-state index contributed by atoms with van der Waals surface area (Å²) in [5, 5.41) is 36.5. The van der Waals surface area contributed by atoms with Gasteiger partial charge in [0.2, 0.25) is 17.7 Å². The molecule has 0 saturated heterocycles. The quantitative estimate of drug-likeness (QED) is 0.121.